The van der Waals surface area contributed by atoms with Gasteiger partial charge >= 0.3 is 0 Å². The second-order valence-electron chi connectivity index (χ2n) is 7.47. The maximum absolute atomic E-state index is 5.63. The summed E-state index contributed by atoms with van der Waals surface area (Å²) in [5, 5.41) is 1.94. The van der Waals surface area contributed by atoms with E-state index in [2.05, 4.69) is 22.8 Å². The molecule has 0 aliphatic rings. The van der Waals surface area contributed by atoms with Gasteiger partial charge in [0.15, 0.2) is 0 Å². The molecule has 0 atom stereocenters. The SMILES string of the molecule is COc1ccc(/C=N\c2nc3ccccc3n2Cc2ccccc2)c2c(OC)cccc12. The molecule has 0 amide bonds. The Morgan fingerprint density at radius 2 is 1.59 bits per heavy atom. The highest BCUT2D eigenvalue weighted by Crippen LogP contribution is 2.34. The van der Waals surface area contributed by atoms with Crippen molar-refractivity contribution in [2.24, 2.45) is 4.99 Å². The molecule has 0 unspecified atom stereocenters. The van der Waals surface area contributed by atoms with Gasteiger partial charge in [-0.3, -0.25) is 0 Å². The van der Waals surface area contributed by atoms with Crippen LogP contribution in [0.5, 0.6) is 11.5 Å². The fourth-order valence-electron chi connectivity index (χ4n) is 4.04. The van der Waals surface area contributed by atoms with Gasteiger partial charge in [0.05, 0.1) is 31.8 Å². The third kappa shape index (κ3) is 3.58. The maximum Gasteiger partial charge on any atom is 0.230 e. The van der Waals surface area contributed by atoms with Crippen molar-refractivity contribution < 1.29 is 9.47 Å². The van der Waals surface area contributed by atoms with Crippen molar-refractivity contribution >= 4 is 34.0 Å². The molecule has 5 aromatic rings. The summed E-state index contributed by atoms with van der Waals surface area (Å²) in [6.45, 7) is 0.695. The first-order valence-corrected chi connectivity index (χ1v) is 10.5. The van der Waals surface area contributed by atoms with E-state index in [9.17, 15) is 0 Å². The lowest BCUT2D eigenvalue weighted by Gasteiger charge is -2.11. The highest BCUT2D eigenvalue weighted by atomic mass is 16.5. The number of hydrogen-bond donors (Lipinski definition) is 0. The Kier molecular flexibility index (Phi) is 5.30. The summed E-state index contributed by atoms with van der Waals surface area (Å²) in [7, 11) is 3.35. The fourth-order valence-corrected chi connectivity index (χ4v) is 4.04. The number of methoxy groups -OCH3 is 2. The van der Waals surface area contributed by atoms with E-state index in [0.29, 0.717) is 12.5 Å². The van der Waals surface area contributed by atoms with Crippen LogP contribution in [0.3, 0.4) is 0 Å². The van der Waals surface area contributed by atoms with Crippen LogP contribution in [0.25, 0.3) is 21.8 Å². The molecular formula is C27H23N3O2. The van der Waals surface area contributed by atoms with E-state index < -0.39 is 0 Å². The van der Waals surface area contributed by atoms with Gasteiger partial charge in [-0.2, -0.15) is 0 Å². The third-order valence-electron chi connectivity index (χ3n) is 5.57. The van der Waals surface area contributed by atoms with E-state index >= 15 is 0 Å². The predicted octanol–water partition coefficient (Wildman–Crippen LogP) is 6.01. The number of aromatic nitrogens is 2. The van der Waals surface area contributed by atoms with Crippen molar-refractivity contribution in [3.63, 3.8) is 0 Å². The summed E-state index contributed by atoms with van der Waals surface area (Å²) < 4.78 is 13.3. The molecule has 4 aromatic carbocycles. The first kappa shape index (κ1) is 19.8. The standard InChI is InChI=1S/C27H23N3O2/c1-31-24-16-15-20(26-21(24)11-8-14-25(26)32-2)17-28-27-29-22-12-6-7-13-23(22)30(27)18-19-9-4-3-5-10-19/h3-17H,18H2,1-2H3/b28-17-. The van der Waals surface area contributed by atoms with Crippen LogP contribution in [-0.2, 0) is 6.54 Å². The smallest absolute Gasteiger partial charge is 0.230 e. The Morgan fingerprint density at radius 1 is 0.812 bits per heavy atom. The van der Waals surface area contributed by atoms with Gasteiger partial charge in [0.2, 0.25) is 5.95 Å². The summed E-state index contributed by atoms with van der Waals surface area (Å²) >= 11 is 0. The van der Waals surface area contributed by atoms with Gasteiger partial charge in [0.1, 0.15) is 11.5 Å². The Labute approximate surface area is 186 Å². The molecule has 1 aromatic heterocycles. The number of imidazole rings is 1. The molecule has 0 bridgehead atoms. The zero-order valence-corrected chi connectivity index (χ0v) is 18.0. The molecule has 0 N–H and O–H groups in total. The number of hydrogen-bond acceptors (Lipinski definition) is 4. The van der Waals surface area contributed by atoms with Crippen LogP contribution < -0.4 is 9.47 Å². The number of benzene rings is 4. The van der Waals surface area contributed by atoms with Crippen molar-refractivity contribution in [1.82, 2.24) is 9.55 Å². The number of para-hydroxylation sites is 2. The molecule has 0 radical (unpaired) electrons. The van der Waals surface area contributed by atoms with E-state index in [4.69, 9.17) is 19.5 Å². The largest absolute Gasteiger partial charge is 0.496 e. The second kappa shape index (κ2) is 8.55. The van der Waals surface area contributed by atoms with Gasteiger partial charge in [-0.05, 0) is 35.9 Å². The monoisotopic (exact) mass is 421 g/mol. The minimum Gasteiger partial charge on any atom is -0.496 e. The number of nitrogens with zero attached hydrogens (tertiary/aromatic N) is 3. The van der Waals surface area contributed by atoms with Gasteiger partial charge in [0.25, 0.3) is 0 Å². The Bertz CT molecular complexity index is 1420. The van der Waals surface area contributed by atoms with Crippen LogP contribution in [0, 0.1) is 0 Å². The lowest BCUT2D eigenvalue weighted by atomic mass is 10.0. The molecular weight excluding hydrogens is 398 g/mol. The molecule has 0 aliphatic carbocycles. The lowest BCUT2D eigenvalue weighted by Crippen LogP contribution is -1.99. The Morgan fingerprint density at radius 3 is 2.41 bits per heavy atom. The van der Waals surface area contributed by atoms with Crippen LogP contribution in [0.15, 0.2) is 89.9 Å². The van der Waals surface area contributed by atoms with Gasteiger partial charge in [0, 0.05) is 22.6 Å². The molecule has 158 valence electrons. The van der Waals surface area contributed by atoms with Gasteiger partial charge in [-0.25, -0.2) is 9.98 Å². The van der Waals surface area contributed by atoms with E-state index in [0.717, 1.165) is 38.9 Å². The summed E-state index contributed by atoms with van der Waals surface area (Å²) in [4.78, 5) is 9.61. The first-order chi connectivity index (χ1) is 15.8. The predicted molar refractivity (Wildman–Crippen MR) is 130 cm³/mol. The fraction of sp³-hybridized carbons (Fsp3) is 0.111. The molecule has 0 saturated heterocycles. The van der Waals surface area contributed by atoms with Crippen LogP contribution in [0.4, 0.5) is 5.95 Å². The number of ether oxygens (including phenoxy) is 2. The maximum atomic E-state index is 5.63. The minimum absolute atomic E-state index is 0.661. The zero-order valence-electron chi connectivity index (χ0n) is 18.0. The number of fused-ring (bicyclic) bond motifs is 2. The van der Waals surface area contributed by atoms with Crippen molar-refractivity contribution in [3.8, 4) is 11.5 Å². The molecule has 0 aliphatic heterocycles. The van der Waals surface area contributed by atoms with Crippen molar-refractivity contribution in [2.45, 2.75) is 6.54 Å². The first-order valence-electron chi connectivity index (χ1n) is 10.5. The Balaban J connectivity index is 1.63. The molecule has 5 rings (SSSR count). The summed E-state index contributed by atoms with van der Waals surface area (Å²) in [5.74, 6) is 2.24. The van der Waals surface area contributed by atoms with Gasteiger partial charge in [-0.15, -0.1) is 0 Å². The van der Waals surface area contributed by atoms with Crippen molar-refractivity contribution in [1.29, 1.82) is 0 Å². The normalized spacial score (nSPS) is 11.4. The molecule has 0 fully saturated rings. The molecule has 0 spiro atoms. The molecule has 32 heavy (non-hydrogen) atoms. The Hall–Kier alpha value is -4.12. The molecule has 5 heteroatoms. The second-order valence-corrected chi connectivity index (χ2v) is 7.47. The van der Waals surface area contributed by atoms with Crippen LogP contribution in [0.1, 0.15) is 11.1 Å². The summed E-state index contributed by atoms with van der Waals surface area (Å²) in [6.07, 6.45) is 1.85. The van der Waals surface area contributed by atoms with Crippen molar-refractivity contribution in [2.75, 3.05) is 14.2 Å². The summed E-state index contributed by atoms with van der Waals surface area (Å²) in [5.41, 5.74) is 4.12. The highest BCUT2D eigenvalue weighted by Gasteiger charge is 2.12. The number of aliphatic imine (C=N–C) groups is 1. The molecule has 5 nitrogen and oxygen atoms in total. The quantitative estimate of drug-likeness (QED) is 0.316. The van der Waals surface area contributed by atoms with Crippen LogP contribution in [-0.4, -0.2) is 30.0 Å². The molecule has 0 saturated carbocycles. The topological polar surface area (TPSA) is 48.6 Å². The van der Waals surface area contributed by atoms with Crippen LogP contribution >= 0.6 is 0 Å². The lowest BCUT2D eigenvalue weighted by molar-refractivity contribution is 0.415. The minimum atomic E-state index is 0.661. The summed E-state index contributed by atoms with van der Waals surface area (Å²) in [6, 6.07) is 28.4. The third-order valence-corrected chi connectivity index (χ3v) is 5.57. The average molecular weight is 422 g/mol. The van der Waals surface area contributed by atoms with Gasteiger partial charge < -0.3 is 14.0 Å². The average Bonchev–Trinajstić information content (AvgIpc) is 3.20. The zero-order chi connectivity index (χ0) is 21.9. The van der Waals surface area contributed by atoms with Crippen molar-refractivity contribution in [3.05, 3.63) is 96.1 Å². The van der Waals surface area contributed by atoms with Gasteiger partial charge in [-0.1, -0.05) is 54.6 Å². The highest BCUT2D eigenvalue weighted by molar-refractivity contribution is 6.06. The van der Waals surface area contributed by atoms with Crippen LogP contribution in [0.2, 0.25) is 0 Å². The molecule has 1 heterocycles. The number of rotatable bonds is 6. The van der Waals surface area contributed by atoms with E-state index in [-0.39, 0.29) is 0 Å². The van der Waals surface area contributed by atoms with E-state index in [1.165, 1.54) is 5.56 Å². The van der Waals surface area contributed by atoms with E-state index in [1.807, 2.05) is 72.9 Å². The van der Waals surface area contributed by atoms with E-state index in [1.54, 1.807) is 14.2 Å².